The van der Waals surface area contributed by atoms with E-state index in [1.807, 2.05) is 0 Å². The molecule has 0 saturated carbocycles. The van der Waals surface area contributed by atoms with Crippen molar-refractivity contribution in [3.05, 3.63) is 12.2 Å². The summed E-state index contributed by atoms with van der Waals surface area (Å²) in [5.74, 6) is 0.986. The fourth-order valence-electron chi connectivity index (χ4n) is 1.85. The lowest BCUT2D eigenvalue weighted by Gasteiger charge is -2.18. The molecular weight excluding hydrogens is 131 g/mol. The van der Waals surface area contributed by atoms with E-state index in [2.05, 4.69) is 25.8 Å². The van der Waals surface area contributed by atoms with Gasteiger partial charge in [0.05, 0.1) is 0 Å². The van der Waals surface area contributed by atoms with E-state index in [1.165, 1.54) is 32.1 Å². The van der Waals surface area contributed by atoms with Crippen LogP contribution in [0.5, 0.6) is 0 Å². The molecule has 1 aliphatic rings. The zero-order valence-electron chi connectivity index (χ0n) is 7.84. The average molecular weight is 150 g/mol. The summed E-state index contributed by atoms with van der Waals surface area (Å²) in [6, 6.07) is 0. The molecule has 0 amide bonds. The fourth-order valence-corrected chi connectivity index (χ4v) is 1.85. The van der Waals surface area contributed by atoms with Gasteiger partial charge in [-0.25, -0.2) is 0 Å². The van der Waals surface area contributed by atoms with Gasteiger partial charge in [0.15, 0.2) is 0 Å². The second-order valence-electron chi connectivity index (χ2n) is 3.98. The monoisotopic (exact) mass is 150 g/mol. The summed E-state index contributed by atoms with van der Waals surface area (Å²) in [6.45, 7) is 5.60. The molecule has 0 saturated heterocycles. The van der Waals surface area contributed by atoms with Gasteiger partial charge in [0, 0.05) is 0 Å². The molecule has 0 radical (unpaired) electrons. The molecular formula is C10H19B. The van der Waals surface area contributed by atoms with Gasteiger partial charge < -0.3 is 0 Å². The van der Waals surface area contributed by atoms with Gasteiger partial charge in [0.25, 0.3) is 0 Å². The van der Waals surface area contributed by atoms with E-state index in [1.54, 1.807) is 0 Å². The zero-order chi connectivity index (χ0) is 8.10. The van der Waals surface area contributed by atoms with Gasteiger partial charge in [-0.1, -0.05) is 50.9 Å². The van der Waals surface area contributed by atoms with Crippen LogP contribution < -0.4 is 0 Å². The minimum absolute atomic E-state index is 0.890. The summed E-state index contributed by atoms with van der Waals surface area (Å²) in [5.41, 5.74) is 0. The van der Waals surface area contributed by atoms with Crippen LogP contribution in [0, 0.1) is 0 Å². The maximum Gasteiger partial charge on any atom is 0.136 e. The minimum atomic E-state index is 0.890. The highest BCUT2D eigenvalue weighted by molar-refractivity contribution is 6.57. The first-order valence-electron chi connectivity index (χ1n) is 4.95. The molecule has 62 valence electrons. The summed E-state index contributed by atoms with van der Waals surface area (Å²) in [6.07, 6.45) is 11.6. The molecule has 1 rings (SSSR count). The van der Waals surface area contributed by atoms with E-state index < -0.39 is 0 Å². The Morgan fingerprint density at radius 2 is 1.82 bits per heavy atom. The molecule has 0 fully saturated rings. The molecule has 0 nitrogen and oxygen atoms in total. The highest BCUT2D eigenvalue weighted by atomic mass is 14.1. The van der Waals surface area contributed by atoms with Crippen LogP contribution in [0.15, 0.2) is 12.2 Å². The summed E-state index contributed by atoms with van der Waals surface area (Å²) in [7, 11) is 0. The van der Waals surface area contributed by atoms with Gasteiger partial charge in [-0.05, 0) is 12.8 Å². The summed E-state index contributed by atoms with van der Waals surface area (Å²) in [5, 5.41) is 0. The van der Waals surface area contributed by atoms with Crippen molar-refractivity contribution >= 4 is 6.71 Å². The van der Waals surface area contributed by atoms with E-state index in [0.29, 0.717) is 0 Å². The van der Waals surface area contributed by atoms with Crippen LogP contribution in [0.3, 0.4) is 0 Å². The van der Waals surface area contributed by atoms with Crippen molar-refractivity contribution < 1.29 is 0 Å². The van der Waals surface area contributed by atoms with Gasteiger partial charge >= 0.3 is 0 Å². The third-order valence-corrected chi connectivity index (χ3v) is 2.76. The molecule has 0 aromatic heterocycles. The highest BCUT2D eigenvalue weighted by Crippen LogP contribution is 2.26. The lowest BCUT2D eigenvalue weighted by atomic mass is 9.43. The third-order valence-electron chi connectivity index (χ3n) is 2.76. The zero-order valence-corrected chi connectivity index (χ0v) is 7.84. The summed E-state index contributed by atoms with van der Waals surface area (Å²) >= 11 is 0. The van der Waals surface area contributed by atoms with Crippen molar-refractivity contribution in [2.75, 3.05) is 0 Å². The summed E-state index contributed by atoms with van der Waals surface area (Å²) < 4.78 is 0. The lowest BCUT2D eigenvalue weighted by molar-refractivity contribution is 0.626. The van der Waals surface area contributed by atoms with Gasteiger partial charge in [0.2, 0.25) is 0 Å². The largest absolute Gasteiger partial charge is 0.136 e. The van der Waals surface area contributed by atoms with Crippen molar-refractivity contribution in [2.24, 2.45) is 0 Å². The quantitative estimate of drug-likeness (QED) is 0.395. The van der Waals surface area contributed by atoms with Crippen LogP contribution in [-0.4, -0.2) is 6.71 Å². The maximum atomic E-state index is 2.36. The van der Waals surface area contributed by atoms with Gasteiger partial charge in [-0.3, -0.25) is 0 Å². The molecule has 0 spiro atoms. The lowest BCUT2D eigenvalue weighted by Crippen LogP contribution is -2.12. The first-order chi connectivity index (χ1) is 5.30. The second kappa shape index (κ2) is 4.64. The van der Waals surface area contributed by atoms with Crippen molar-refractivity contribution in [1.29, 1.82) is 0 Å². The van der Waals surface area contributed by atoms with Crippen LogP contribution in [0.25, 0.3) is 0 Å². The molecule has 0 aromatic carbocycles. The second-order valence-corrected chi connectivity index (χ2v) is 3.98. The molecule has 1 unspecified atom stereocenters. The van der Waals surface area contributed by atoms with E-state index in [-0.39, 0.29) is 0 Å². The molecule has 1 aliphatic carbocycles. The average Bonchev–Trinajstić information content (AvgIpc) is 1.84. The van der Waals surface area contributed by atoms with E-state index in [4.69, 9.17) is 0 Å². The Balaban J connectivity index is 2.35. The smallest absolute Gasteiger partial charge is 0.0886 e. The van der Waals surface area contributed by atoms with Gasteiger partial charge in [-0.2, -0.15) is 0 Å². The molecule has 0 N–H and O–H groups in total. The topological polar surface area (TPSA) is 0 Å². The molecule has 1 heteroatoms. The van der Waals surface area contributed by atoms with Crippen molar-refractivity contribution in [3.63, 3.8) is 0 Å². The molecule has 1 atom stereocenters. The standard InChI is InChI=1S/C10H19B/c1-11(2)10-8-6-4-3-5-7-9-10/h3-4,10H,5-9H2,1-2H3/b4-3-. The van der Waals surface area contributed by atoms with Gasteiger partial charge in [-0.15, -0.1) is 0 Å². The normalized spacial score (nSPS) is 28.7. The van der Waals surface area contributed by atoms with Gasteiger partial charge in [0.1, 0.15) is 6.71 Å². The van der Waals surface area contributed by atoms with Crippen molar-refractivity contribution in [1.82, 2.24) is 0 Å². The number of hydrogen-bond acceptors (Lipinski definition) is 0. The SMILES string of the molecule is CB(C)C1CC/C=C\CCC1. The van der Waals surface area contributed by atoms with Crippen LogP contribution in [0.2, 0.25) is 19.5 Å². The van der Waals surface area contributed by atoms with Crippen LogP contribution in [-0.2, 0) is 0 Å². The first kappa shape index (κ1) is 8.90. The Labute approximate surface area is 71.2 Å². The third kappa shape index (κ3) is 3.13. The Kier molecular flexibility index (Phi) is 3.75. The number of hydrogen-bond donors (Lipinski definition) is 0. The van der Waals surface area contributed by atoms with Crippen LogP contribution in [0.4, 0.5) is 0 Å². The Morgan fingerprint density at radius 3 is 2.55 bits per heavy atom. The first-order valence-corrected chi connectivity index (χ1v) is 4.95. The minimum Gasteiger partial charge on any atom is -0.0886 e. The van der Waals surface area contributed by atoms with Crippen molar-refractivity contribution in [2.45, 2.75) is 51.6 Å². The predicted octanol–water partition coefficient (Wildman–Crippen LogP) is 3.63. The maximum absolute atomic E-state index is 2.36. The van der Waals surface area contributed by atoms with Crippen LogP contribution >= 0.6 is 0 Å². The van der Waals surface area contributed by atoms with Crippen molar-refractivity contribution in [3.8, 4) is 0 Å². The molecule has 0 heterocycles. The predicted molar refractivity (Wildman–Crippen MR) is 53.5 cm³/mol. The Hall–Kier alpha value is -0.195. The number of rotatable bonds is 1. The number of allylic oxidation sites excluding steroid dienone is 2. The Bertz CT molecular complexity index is 127. The van der Waals surface area contributed by atoms with E-state index in [0.717, 1.165) is 12.5 Å². The fraction of sp³-hybridized carbons (Fsp3) is 0.800. The molecule has 0 aromatic rings. The molecule has 0 bridgehead atoms. The molecule has 0 aliphatic heterocycles. The van der Waals surface area contributed by atoms with Crippen LogP contribution in [0.1, 0.15) is 32.1 Å². The molecule has 11 heavy (non-hydrogen) atoms. The van der Waals surface area contributed by atoms with E-state index >= 15 is 0 Å². The van der Waals surface area contributed by atoms with E-state index in [9.17, 15) is 0 Å². The summed E-state index contributed by atoms with van der Waals surface area (Å²) in [4.78, 5) is 0. The Morgan fingerprint density at radius 1 is 1.09 bits per heavy atom. The highest BCUT2D eigenvalue weighted by Gasteiger charge is 2.15.